The Kier molecular flexibility index (Phi) is 5.35. The molecule has 7 heteroatoms. The predicted molar refractivity (Wildman–Crippen MR) is 91.7 cm³/mol. The highest BCUT2D eigenvalue weighted by molar-refractivity contribution is 7.89. The Hall–Kier alpha value is -1.96. The topological polar surface area (TPSA) is 88.3 Å². The second-order valence-electron chi connectivity index (χ2n) is 5.67. The number of nitrogens with zero attached hydrogens (tertiary/aromatic N) is 2. The summed E-state index contributed by atoms with van der Waals surface area (Å²) in [6.07, 6.45) is 1.54. The van der Waals surface area contributed by atoms with Crippen LogP contribution in [0.4, 0.5) is 5.82 Å². The first kappa shape index (κ1) is 17.4. The third kappa shape index (κ3) is 4.51. The van der Waals surface area contributed by atoms with Gasteiger partial charge in [-0.2, -0.15) is 0 Å². The summed E-state index contributed by atoms with van der Waals surface area (Å²) in [5.74, 6) is 0.272. The molecule has 0 spiro atoms. The molecular formula is C16H22N4O2S. The first-order valence-corrected chi connectivity index (χ1v) is 8.78. The maximum atomic E-state index is 11.6. The number of primary sulfonamides is 1. The Morgan fingerprint density at radius 1 is 1.22 bits per heavy atom. The fraction of sp³-hybridized carbons (Fsp3) is 0.312. The van der Waals surface area contributed by atoms with Gasteiger partial charge in [0.25, 0.3) is 0 Å². The molecule has 0 fully saturated rings. The van der Waals surface area contributed by atoms with Gasteiger partial charge >= 0.3 is 0 Å². The minimum Gasteiger partial charge on any atom is -0.367 e. The van der Waals surface area contributed by atoms with Crippen molar-refractivity contribution in [1.29, 1.82) is 0 Å². The van der Waals surface area contributed by atoms with Gasteiger partial charge in [0.05, 0.1) is 6.04 Å². The zero-order valence-electron chi connectivity index (χ0n) is 13.5. The number of pyridine rings is 1. The van der Waals surface area contributed by atoms with Crippen molar-refractivity contribution in [1.82, 2.24) is 9.88 Å². The number of hydrogen-bond acceptors (Lipinski definition) is 5. The summed E-state index contributed by atoms with van der Waals surface area (Å²) in [7, 11) is 0.144. The Bertz CT molecular complexity index is 758. The molecule has 1 aromatic carbocycles. The van der Waals surface area contributed by atoms with E-state index in [1.165, 1.54) is 17.8 Å². The molecule has 0 bridgehead atoms. The van der Waals surface area contributed by atoms with Crippen LogP contribution < -0.4 is 10.5 Å². The van der Waals surface area contributed by atoms with Crippen LogP contribution in [-0.4, -0.2) is 38.9 Å². The van der Waals surface area contributed by atoms with Gasteiger partial charge in [0.2, 0.25) is 10.0 Å². The highest BCUT2D eigenvalue weighted by atomic mass is 32.2. The number of benzene rings is 1. The van der Waals surface area contributed by atoms with E-state index in [1.54, 1.807) is 6.07 Å². The van der Waals surface area contributed by atoms with E-state index in [-0.39, 0.29) is 16.8 Å². The summed E-state index contributed by atoms with van der Waals surface area (Å²) >= 11 is 0. The lowest BCUT2D eigenvalue weighted by molar-refractivity contribution is 0.311. The van der Waals surface area contributed by atoms with Crippen molar-refractivity contribution in [3.05, 3.63) is 53.7 Å². The molecule has 124 valence electrons. The number of aromatic nitrogens is 1. The van der Waals surface area contributed by atoms with Crippen LogP contribution in [0.1, 0.15) is 17.2 Å². The number of sulfonamides is 1. The van der Waals surface area contributed by atoms with E-state index in [0.717, 1.165) is 5.56 Å². The Morgan fingerprint density at radius 2 is 1.87 bits per heavy atom. The fourth-order valence-electron chi connectivity index (χ4n) is 2.33. The molecule has 0 aliphatic rings. The molecule has 1 heterocycles. The molecule has 0 saturated carbocycles. The average Bonchev–Trinajstić information content (AvgIpc) is 2.48. The van der Waals surface area contributed by atoms with Crippen molar-refractivity contribution >= 4 is 15.8 Å². The molecule has 3 N–H and O–H groups in total. The molecule has 0 saturated heterocycles. The van der Waals surface area contributed by atoms with Gasteiger partial charge in [-0.25, -0.2) is 18.5 Å². The van der Waals surface area contributed by atoms with Gasteiger partial charge in [-0.05, 0) is 38.7 Å². The van der Waals surface area contributed by atoms with Crippen molar-refractivity contribution < 1.29 is 8.42 Å². The lowest BCUT2D eigenvalue weighted by Crippen LogP contribution is -2.27. The van der Waals surface area contributed by atoms with E-state index in [0.29, 0.717) is 6.54 Å². The lowest BCUT2D eigenvalue weighted by Gasteiger charge is -2.25. The first-order chi connectivity index (χ1) is 10.8. The van der Waals surface area contributed by atoms with Crippen LogP contribution in [0.15, 0.2) is 47.5 Å². The van der Waals surface area contributed by atoms with E-state index in [1.807, 2.05) is 21.0 Å². The van der Waals surface area contributed by atoms with E-state index in [2.05, 4.69) is 39.5 Å². The molecular weight excluding hydrogens is 312 g/mol. The van der Waals surface area contributed by atoms with E-state index in [4.69, 9.17) is 5.14 Å². The number of likely N-dealkylation sites (N-methyl/N-ethyl adjacent to an activating group) is 1. The molecule has 1 atom stereocenters. The second kappa shape index (κ2) is 7.08. The standard InChI is InChI=1S/C16H22N4O2S/c1-12-6-8-13(9-7-12)14(20(2)3)11-19-16-15(23(17,21)22)5-4-10-18-16/h4-10,14H,11H2,1-3H3,(H,18,19)(H2,17,21,22). The lowest BCUT2D eigenvalue weighted by atomic mass is 10.0. The zero-order chi connectivity index (χ0) is 17.0. The van der Waals surface area contributed by atoms with Crippen molar-refractivity contribution in [3.8, 4) is 0 Å². The average molecular weight is 334 g/mol. The number of rotatable bonds is 6. The summed E-state index contributed by atoms with van der Waals surface area (Å²) in [4.78, 5) is 6.16. The molecule has 0 radical (unpaired) electrons. The van der Waals surface area contributed by atoms with Crippen molar-refractivity contribution in [2.24, 2.45) is 5.14 Å². The number of aryl methyl sites for hydroxylation is 1. The van der Waals surface area contributed by atoms with Gasteiger partial charge in [-0.15, -0.1) is 0 Å². The third-order valence-corrected chi connectivity index (χ3v) is 4.57. The van der Waals surface area contributed by atoms with Gasteiger partial charge in [0.1, 0.15) is 10.7 Å². The van der Waals surface area contributed by atoms with Gasteiger partial charge in [0, 0.05) is 12.7 Å². The van der Waals surface area contributed by atoms with Crippen molar-refractivity contribution in [3.63, 3.8) is 0 Å². The van der Waals surface area contributed by atoms with Crippen molar-refractivity contribution in [2.75, 3.05) is 26.0 Å². The van der Waals surface area contributed by atoms with Gasteiger partial charge < -0.3 is 10.2 Å². The van der Waals surface area contributed by atoms with E-state index in [9.17, 15) is 8.42 Å². The highest BCUT2D eigenvalue weighted by Gasteiger charge is 2.18. The number of anilines is 1. The highest BCUT2D eigenvalue weighted by Crippen LogP contribution is 2.22. The maximum Gasteiger partial charge on any atom is 0.241 e. The van der Waals surface area contributed by atoms with Crippen LogP contribution >= 0.6 is 0 Å². The Balaban J connectivity index is 2.22. The van der Waals surface area contributed by atoms with Gasteiger partial charge in [-0.1, -0.05) is 29.8 Å². The second-order valence-corrected chi connectivity index (χ2v) is 7.20. The minimum atomic E-state index is -3.81. The van der Waals surface area contributed by atoms with Crippen LogP contribution in [0.2, 0.25) is 0 Å². The molecule has 23 heavy (non-hydrogen) atoms. The van der Waals surface area contributed by atoms with Crippen molar-refractivity contribution in [2.45, 2.75) is 17.9 Å². The monoisotopic (exact) mass is 334 g/mol. The number of nitrogens with two attached hydrogens (primary N) is 1. The van der Waals surface area contributed by atoms with Crippen LogP contribution in [0.5, 0.6) is 0 Å². The van der Waals surface area contributed by atoms with Gasteiger partial charge in [0.15, 0.2) is 0 Å². The van der Waals surface area contributed by atoms with Crippen LogP contribution in [0.3, 0.4) is 0 Å². The summed E-state index contributed by atoms with van der Waals surface area (Å²) in [5.41, 5.74) is 2.33. The molecule has 0 aliphatic carbocycles. The minimum absolute atomic E-state index is 0.00131. The molecule has 1 unspecified atom stereocenters. The molecule has 1 aromatic heterocycles. The number of nitrogens with one attached hydrogen (secondary N) is 1. The van der Waals surface area contributed by atoms with Crippen LogP contribution in [0, 0.1) is 6.92 Å². The van der Waals surface area contributed by atoms with E-state index >= 15 is 0 Å². The van der Waals surface area contributed by atoms with E-state index < -0.39 is 10.0 Å². The maximum absolute atomic E-state index is 11.6. The molecule has 0 aliphatic heterocycles. The Labute approximate surface area is 137 Å². The summed E-state index contributed by atoms with van der Waals surface area (Å²) in [6.45, 7) is 2.55. The Morgan fingerprint density at radius 3 is 2.43 bits per heavy atom. The molecule has 2 rings (SSSR count). The molecule has 6 nitrogen and oxygen atoms in total. The summed E-state index contributed by atoms with van der Waals surface area (Å²) in [6, 6.07) is 11.3. The predicted octanol–water partition coefficient (Wildman–Crippen LogP) is 1.75. The molecule has 0 amide bonds. The zero-order valence-corrected chi connectivity index (χ0v) is 14.3. The number of hydrogen-bond donors (Lipinski definition) is 2. The molecule has 2 aromatic rings. The van der Waals surface area contributed by atoms with Crippen LogP contribution in [-0.2, 0) is 10.0 Å². The quantitative estimate of drug-likeness (QED) is 0.840. The largest absolute Gasteiger partial charge is 0.367 e. The fourth-order valence-corrected chi connectivity index (χ4v) is 3.00. The summed E-state index contributed by atoms with van der Waals surface area (Å²) < 4.78 is 23.3. The summed E-state index contributed by atoms with van der Waals surface area (Å²) in [5, 5.41) is 8.34. The normalized spacial score (nSPS) is 13.1. The first-order valence-electron chi connectivity index (χ1n) is 7.23. The van der Waals surface area contributed by atoms with Crippen LogP contribution in [0.25, 0.3) is 0 Å². The van der Waals surface area contributed by atoms with Gasteiger partial charge in [-0.3, -0.25) is 0 Å². The smallest absolute Gasteiger partial charge is 0.241 e. The SMILES string of the molecule is Cc1ccc(C(CNc2ncccc2S(N)(=O)=O)N(C)C)cc1. The third-order valence-electron chi connectivity index (χ3n) is 3.63.